The Hall–Kier alpha value is -3.66. The number of amides is 1. The zero-order valence-corrected chi connectivity index (χ0v) is 25.6. The molecule has 1 unspecified atom stereocenters. The molecule has 4 aliphatic carbocycles. The van der Waals surface area contributed by atoms with Crippen molar-refractivity contribution in [2.45, 2.75) is 74.4 Å². The molecule has 5 fully saturated rings. The Morgan fingerprint density at radius 1 is 1.04 bits per heavy atom. The summed E-state index contributed by atoms with van der Waals surface area (Å²) in [5.74, 6) is -2.84. The van der Waals surface area contributed by atoms with E-state index in [0.717, 1.165) is 12.6 Å². The largest absolute Gasteiger partial charge is 0.491 e. The smallest absolute Gasteiger partial charge is 0.434 e. The number of anilines is 2. The molecule has 10 nitrogen and oxygen atoms in total. The van der Waals surface area contributed by atoms with Crippen LogP contribution in [0.1, 0.15) is 66.6 Å². The Labute approximate surface area is 270 Å². The van der Waals surface area contributed by atoms with E-state index in [2.05, 4.69) is 15.3 Å². The Bertz CT molecular complexity index is 1580. The van der Waals surface area contributed by atoms with Crippen LogP contribution in [0, 0.1) is 23.7 Å². The number of fused-ring (bicyclic) bond motifs is 2. The van der Waals surface area contributed by atoms with Crippen molar-refractivity contribution in [3.63, 3.8) is 0 Å². The van der Waals surface area contributed by atoms with Crippen molar-refractivity contribution in [1.29, 1.82) is 0 Å². The van der Waals surface area contributed by atoms with E-state index >= 15 is 0 Å². The third kappa shape index (κ3) is 5.44. The SMILES string of the molecule is O=C(NC1(C(=O)O)C2CC3CC(C2)CC1C3)c1cnc(N2CC3(CCOCC3)c3cc(OCC(O)C(F)(F)F)ccc32)nc1C(F)(F)F. The summed E-state index contributed by atoms with van der Waals surface area (Å²) in [5.41, 5.74) is -3.75. The highest BCUT2D eigenvalue weighted by Gasteiger charge is 2.62. The minimum atomic E-state index is -5.10. The minimum Gasteiger partial charge on any atom is -0.491 e. The highest BCUT2D eigenvalue weighted by atomic mass is 19.4. The van der Waals surface area contributed by atoms with Crippen LogP contribution in [-0.4, -0.2) is 76.2 Å². The molecule has 3 heterocycles. The van der Waals surface area contributed by atoms with Crippen LogP contribution in [0.3, 0.4) is 0 Å². The lowest BCUT2D eigenvalue weighted by Gasteiger charge is -2.59. The van der Waals surface area contributed by atoms with Crippen LogP contribution < -0.4 is 15.0 Å². The standard InChI is InChI=1S/C32H34F6N4O6/c33-31(34,35)24(43)14-48-20-1-2-23-22(12-20)29(3-5-47-6-4-29)15-42(23)28-39-13-21(25(40-28)32(36,37)38)26(44)41-30(27(45)46)18-8-16-7-17(10-18)11-19(30)9-16/h1-2,12-13,16-19,24,43H,3-11,14-15H2,(H,41,44)(H,45,46). The monoisotopic (exact) mass is 684 g/mol. The van der Waals surface area contributed by atoms with E-state index in [-0.39, 0.29) is 30.1 Å². The predicted octanol–water partition coefficient (Wildman–Crippen LogP) is 5.01. The maximum atomic E-state index is 14.6. The zero-order chi connectivity index (χ0) is 34.2. The first-order chi connectivity index (χ1) is 22.6. The molecule has 2 aromatic rings. The summed E-state index contributed by atoms with van der Waals surface area (Å²) in [6, 6.07) is 4.33. The quantitative estimate of drug-likeness (QED) is 0.345. The maximum Gasteiger partial charge on any atom is 0.434 e. The fraction of sp³-hybridized carbons (Fsp3) is 0.625. The van der Waals surface area contributed by atoms with Crippen molar-refractivity contribution in [2.75, 3.05) is 31.3 Å². The average Bonchev–Trinajstić information content (AvgIpc) is 3.32. The predicted molar refractivity (Wildman–Crippen MR) is 155 cm³/mol. The summed E-state index contributed by atoms with van der Waals surface area (Å²) in [6.45, 7) is -0.270. The Morgan fingerprint density at radius 2 is 1.69 bits per heavy atom. The molecule has 16 heteroatoms. The van der Waals surface area contributed by atoms with Crippen molar-refractivity contribution in [3.05, 3.63) is 41.2 Å². The lowest BCUT2D eigenvalue weighted by molar-refractivity contribution is -0.210. The number of carbonyl (C=O) groups is 2. The van der Waals surface area contributed by atoms with Crippen molar-refractivity contribution in [2.24, 2.45) is 23.7 Å². The Kier molecular flexibility index (Phi) is 7.85. The van der Waals surface area contributed by atoms with Gasteiger partial charge in [0.05, 0.1) is 5.56 Å². The number of hydrogen-bond donors (Lipinski definition) is 3. The molecular formula is C32H34F6N4O6. The fourth-order valence-corrected chi connectivity index (χ4v) is 9.05. The van der Waals surface area contributed by atoms with Gasteiger partial charge in [0.15, 0.2) is 11.8 Å². The minimum absolute atomic E-state index is 0.0332. The topological polar surface area (TPSA) is 134 Å². The average molecular weight is 685 g/mol. The molecule has 48 heavy (non-hydrogen) atoms. The van der Waals surface area contributed by atoms with Crippen LogP contribution in [0.25, 0.3) is 0 Å². The second-order valence-electron chi connectivity index (χ2n) is 13.9. The number of carbonyl (C=O) groups excluding carboxylic acids is 1. The number of aromatic nitrogens is 2. The van der Waals surface area contributed by atoms with E-state index in [1.165, 1.54) is 23.1 Å². The lowest BCUT2D eigenvalue weighted by Crippen LogP contribution is -2.70. The number of alkyl halides is 6. The van der Waals surface area contributed by atoms with Gasteiger partial charge in [-0.25, -0.2) is 14.8 Å². The second-order valence-corrected chi connectivity index (χ2v) is 13.9. The number of carboxylic acid groups (broad SMARTS) is 1. The van der Waals surface area contributed by atoms with Crippen molar-refractivity contribution >= 4 is 23.5 Å². The molecule has 1 spiro atoms. The summed E-state index contributed by atoms with van der Waals surface area (Å²) in [7, 11) is 0. The number of carboxylic acids is 1. The second kappa shape index (κ2) is 11.5. The van der Waals surface area contributed by atoms with Gasteiger partial charge in [-0.2, -0.15) is 26.3 Å². The molecule has 1 saturated heterocycles. The van der Waals surface area contributed by atoms with Crippen LogP contribution in [0.15, 0.2) is 24.4 Å². The number of benzene rings is 1. The summed E-state index contributed by atoms with van der Waals surface area (Å²) in [6.07, 6.45) is -7.64. The molecule has 2 aliphatic heterocycles. The Morgan fingerprint density at radius 3 is 2.27 bits per heavy atom. The molecule has 1 aromatic heterocycles. The number of hydrogen-bond acceptors (Lipinski definition) is 8. The lowest BCUT2D eigenvalue weighted by atomic mass is 9.48. The molecule has 1 aromatic carbocycles. The summed E-state index contributed by atoms with van der Waals surface area (Å²) in [4.78, 5) is 35.8. The van der Waals surface area contributed by atoms with Crippen molar-refractivity contribution < 1.29 is 55.6 Å². The first-order valence-electron chi connectivity index (χ1n) is 16.0. The molecular weight excluding hydrogens is 650 g/mol. The molecule has 4 saturated carbocycles. The highest BCUT2D eigenvalue weighted by molar-refractivity contribution is 5.99. The van der Waals surface area contributed by atoms with Gasteiger partial charge in [-0.05, 0) is 92.4 Å². The van der Waals surface area contributed by atoms with Gasteiger partial charge < -0.3 is 29.9 Å². The van der Waals surface area contributed by atoms with E-state index in [9.17, 15) is 46.1 Å². The number of nitrogens with one attached hydrogen (secondary N) is 1. The van der Waals surface area contributed by atoms with E-state index in [4.69, 9.17) is 9.47 Å². The number of aliphatic hydroxyl groups is 1. The summed E-state index contributed by atoms with van der Waals surface area (Å²) in [5, 5.41) is 22.3. The van der Waals surface area contributed by atoms with Gasteiger partial charge in [0.25, 0.3) is 5.91 Å². The van der Waals surface area contributed by atoms with Gasteiger partial charge >= 0.3 is 18.3 Å². The third-order valence-corrected chi connectivity index (χ3v) is 11.2. The first kappa shape index (κ1) is 32.9. The van der Waals surface area contributed by atoms with Crippen molar-refractivity contribution in [3.8, 4) is 5.75 Å². The first-order valence-corrected chi connectivity index (χ1v) is 16.0. The van der Waals surface area contributed by atoms with Crippen LogP contribution in [-0.2, 0) is 21.1 Å². The van der Waals surface area contributed by atoms with Crippen LogP contribution in [0.5, 0.6) is 5.75 Å². The number of halogens is 6. The van der Waals surface area contributed by atoms with E-state index < -0.39 is 59.2 Å². The van der Waals surface area contributed by atoms with E-state index in [1.54, 1.807) is 0 Å². The molecule has 260 valence electrons. The molecule has 4 bridgehead atoms. The number of aliphatic hydroxyl groups excluding tert-OH is 1. The number of rotatable bonds is 7. The van der Waals surface area contributed by atoms with Crippen molar-refractivity contribution in [1.82, 2.24) is 15.3 Å². The van der Waals surface area contributed by atoms with Gasteiger partial charge in [-0.1, -0.05) is 0 Å². The van der Waals surface area contributed by atoms with Crippen LogP contribution in [0.2, 0.25) is 0 Å². The van der Waals surface area contributed by atoms with Gasteiger partial charge in [-0.3, -0.25) is 4.79 Å². The normalized spacial score (nSPS) is 29.5. The summed E-state index contributed by atoms with van der Waals surface area (Å²) < 4.78 is 93.0. The van der Waals surface area contributed by atoms with Gasteiger partial charge in [0.1, 0.15) is 17.9 Å². The third-order valence-electron chi connectivity index (χ3n) is 11.2. The molecule has 1 amide bonds. The van der Waals surface area contributed by atoms with Gasteiger partial charge in [0, 0.05) is 37.1 Å². The Balaban J connectivity index is 1.21. The molecule has 6 aliphatic rings. The number of aliphatic carboxylic acids is 1. The van der Waals surface area contributed by atoms with E-state index in [1.807, 2.05) is 0 Å². The number of ether oxygens (including phenoxy) is 2. The molecule has 1 atom stereocenters. The highest BCUT2D eigenvalue weighted by Crippen LogP contribution is 2.58. The van der Waals surface area contributed by atoms with Gasteiger partial charge in [-0.15, -0.1) is 0 Å². The van der Waals surface area contributed by atoms with Gasteiger partial charge in [0.2, 0.25) is 5.95 Å². The van der Waals surface area contributed by atoms with E-state index in [0.29, 0.717) is 74.8 Å². The van der Waals surface area contributed by atoms with Crippen LogP contribution in [0.4, 0.5) is 38.0 Å². The zero-order valence-electron chi connectivity index (χ0n) is 25.6. The maximum absolute atomic E-state index is 14.6. The van der Waals surface area contributed by atoms with Crippen LogP contribution >= 0.6 is 0 Å². The molecule has 8 rings (SSSR count). The summed E-state index contributed by atoms with van der Waals surface area (Å²) >= 11 is 0. The molecule has 3 N–H and O–H groups in total. The number of nitrogens with zero attached hydrogens (tertiary/aromatic N) is 3. The fourth-order valence-electron chi connectivity index (χ4n) is 9.05. The molecule has 0 radical (unpaired) electrons.